The highest BCUT2D eigenvalue weighted by Crippen LogP contribution is 2.83. The largest absolute Gasteiger partial charge is 0.514 e. The van der Waals surface area contributed by atoms with Crippen LogP contribution in [0.4, 0.5) is 14.4 Å². The minimum atomic E-state index is -5.25. The molecule has 0 spiro atoms. The Balaban J connectivity index is 0.000000178. The Morgan fingerprint density at radius 1 is 0.445 bits per heavy atom. The highest BCUT2D eigenvalue weighted by molar-refractivity contribution is 7.75. The van der Waals surface area contributed by atoms with Crippen LogP contribution >= 0.6 is 60.8 Å². The van der Waals surface area contributed by atoms with E-state index >= 15 is 0 Å². The Morgan fingerprint density at radius 3 is 1.04 bits per heavy atom. The lowest BCUT2D eigenvalue weighted by atomic mass is 9.92. The third kappa shape index (κ3) is 23.7. The molecule has 0 aliphatic carbocycles. The minimum absolute atomic E-state index is 0.0135. The lowest BCUT2D eigenvalue weighted by molar-refractivity contribution is -0.143. The molecular weight excluding hydrogens is 1850 g/mol. The number of imide groups is 1. The summed E-state index contributed by atoms with van der Waals surface area (Å²) in [7, 11) is -41.0. The van der Waals surface area contributed by atoms with E-state index in [9.17, 15) is 120 Å². The Hall–Kier alpha value is -8.53. The molecule has 692 valence electrons. The molecule has 5 aliphatic heterocycles. The van der Waals surface area contributed by atoms with Crippen molar-refractivity contribution in [3.63, 3.8) is 0 Å². The normalized spacial score (nSPS) is 31.0. The van der Waals surface area contributed by atoms with Crippen molar-refractivity contribution in [3.05, 3.63) is 239 Å². The van der Waals surface area contributed by atoms with Crippen LogP contribution in [0.15, 0.2) is 189 Å². The quantitative estimate of drug-likeness (QED) is 0.0164. The second kappa shape index (κ2) is 39.5. The fraction of sp³-hybridized carbons (Fsp3) is 0.355. The summed E-state index contributed by atoms with van der Waals surface area (Å²) in [4.78, 5) is 159. The van der Waals surface area contributed by atoms with Crippen LogP contribution in [0.5, 0.6) is 23.0 Å². The van der Waals surface area contributed by atoms with Gasteiger partial charge in [-0.05, 0) is 142 Å². The molecule has 13 rings (SSSR count). The first kappa shape index (κ1) is 102. The molecule has 0 radical (unpaired) electrons. The first-order chi connectivity index (χ1) is 59.3. The zero-order chi connectivity index (χ0) is 94.5. The van der Waals surface area contributed by atoms with Gasteiger partial charge in [-0.2, -0.15) is 0 Å². The molecule has 0 saturated carbocycles. The number of hydrogen-bond donors (Lipinski definition) is 12. The zero-order valence-corrected chi connectivity index (χ0v) is 76.1. The van der Waals surface area contributed by atoms with Gasteiger partial charge >= 0.3 is 91.0 Å². The topological polar surface area (TPSA) is 649 Å². The predicted octanol–water partition coefficient (Wildman–Crippen LogP) is 13.0. The summed E-state index contributed by atoms with van der Waals surface area (Å²) < 4.78 is 173. The maximum Gasteiger partial charge on any atom is 0.514 e. The van der Waals surface area contributed by atoms with Gasteiger partial charge in [0.05, 0.1) is 30.0 Å². The molecule has 9 heterocycles. The van der Waals surface area contributed by atoms with Crippen molar-refractivity contribution in [2.45, 2.75) is 146 Å². The number of carbonyl (C=O) groups is 5. The summed E-state index contributed by atoms with van der Waals surface area (Å²) in [5.41, 5.74) is 0.600. The van der Waals surface area contributed by atoms with Gasteiger partial charge < -0.3 is 88.0 Å². The third-order valence-electron chi connectivity index (χ3n) is 18.5. The van der Waals surface area contributed by atoms with Gasteiger partial charge in [-0.1, -0.05) is 93.1 Å². The summed E-state index contributed by atoms with van der Waals surface area (Å²) in [6, 6.07) is 32.1. The van der Waals surface area contributed by atoms with Crippen molar-refractivity contribution in [1.29, 1.82) is 0 Å². The van der Waals surface area contributed by atoms with Crippen LogP contribution in [0.3, 0.4) is 0 Å². The number of cyclic esters (lactones) is 1. The Bertz CT molecular complexity index is 5660. The summed E-state index contributed by atoms with van der Waals surface area (Å²) in [6.07, 6.45) is -2.22. The molecule has 2 amide bonds. The molecule has 128 heavy (non-hydrogen) atoms. The minimum Gasteiger partial charge on any atom is -0.447 e. The van der Waals surface area contributed by atoms with E-state index in [4.69, 9.17) is 59.9 Å². The second-order valence-corrected chi connectivity index (χ2v) is 48.7. The van der Waals surface area contributed by atoms with E-state index in [0.29, 0.717) is 10.5 Å². The zero-order valence-electron chi connectivity index (χ0n) is 68.9. The fourth-order valence-electron chi connectivity index (χ4n) is 11.7. The number of aliphatic hydroxyl groups is 4. The molecule has 0 bridgehead atoms. The molecule has 5 fully saturated rings. The maximum absolute atomic E-state index is 13.0. The number of nitrogens with zero attached hydrogens (tertiary/aromatic N) is 5. The Labute approximate surface area is 729 Å². The highest BCUT2D eigenvalue weighted by atomic mass is 31.3. The van der Waals surface area contributed by atoms with Gasteiger partial charge in [0, 0.05) is 91.9 Å². The number of aryl methyl sites for hydroxylation is 1. The van der Waals surface area contributed by atoms with Gasteiger partial charge in [-0.3, -0.25) is 102 Å². The smallest absolute Gasteiger partial charge is 0.447 e. The molecule has 8 aromatic rings. The number of aromatic nitrogens is 4. The van der Waals surface area contributed by atoms with Gasteiger partial charge in [0.25, 0.3) is 20.3 Å². The molecule has 52 heteroatoms. The first-order valence-electron chi connectivity index (χ1n) is 37.8. The lowest BCUT2D eigenvalue weighted by Crippen LogP contribution is -2.38. The van der Waals surface area contributed by atoms with Gasteiger partial charge in [-0.15, -0.1) is 0 Å². The number of carbonyl (C=O) groups excluding carboxylic acids is 5. The van der Waals surface area contributed by atoms with Crippen molar-refractivity contribution in [2.75, 3.05) is 13.2 Å². The summed E-state index contributed by atoms with van der Waals surface area (Å²) in [5, 5.41) is 30.6. The van der Waals surface area contributed by atoms with Crippen LogP contribution < -0.4 is 18.9 Å². The molecule has 4 aromatic carbocycles. The molecular formula is C76H89N5O39P8. The second-order valence-electron chi connectivity index (χ2n) is 31.3. The van der Waals surface area contributed by atoms with E-state index in [1.54, 1.807) is 41.5 Å². The van der Waals surface area contributed by atoms with Crippen LogP contribution in [0.2, 0.25) is 0 Å². The third-order valence-corrected chi connectivity index (χ3v) is 36.9. The Morgan fingerprint density at radius 2 is 0.758 bits per heavy atom. The summed E-state index contributed by atoms with van der Waals surface area (Å²) >= 11 is 0. The van der Waals surface area contributed by atoms with Crippen LogP contribution in [-0.2, 0) is 117 Å². The monoisotopic (exact) mass is 1940 g/mol. The van der Waals surface area contributed by atoms with Crippen molar-refractivity contribution >= 4 is 91.0 Å². The number of rotatable bonds is 18. The lowest BCUT2D eigenvalue weighted by Gasteiger charge is -2.41. The van der Waals surface area contributed by atoms with Crippen LogP contribution in [-0.4, -0.2) is 154 Å². The van der Waals surface area contributed by atoms with E-state index in [2.05, 4.69) is 24.7 Å². The van der Waals surface area contributed by atoms with Gasteiger partial charge in [0.2, 0.25) is 25.2 Å². The van der Waals surface area contributed by atoms with Gasteiger partial charge in [0.15, 0.2) is 0 Å². The average molecular weight is 1940 g/mol. The van der Waals surface area contributed by atoms with E-state index in [1.165, 1.54) is 189 Å². The van der Waals surface area contributed by atoms with E-state index in [1.807, 2.05) is 20.8 Å². The van der Waals surface area contributed by atoms with Crippen molar-refractivity contribution in [2.24, 2.45) is 10.8 Å². The van der Waals surface area contributed by atoms with Crippen LogP contribution in [0.1, 0.15) is 137 Å². The first-order valence-corrected chi connectivity index (χ1v) is 50.4. The maximum atomic E-state index is 13.0. The molecule has 5 saturated heterocycles. The standard InChI is InChI=1S/C20H25NO9P2.C19H20N2O11P2.C19H23NO9P2.C18H21NO10P2/c1-19(2,3)12-17(22)28-16-8-6-15(7-9-16)18-29-31(24,25)20(23,32(26,27)30-18)11-14-5-4-10-21-13-14;1-12-4-5-15(30-18(23)21-7-8-29-17(21)22)14(9-12)16-31-33(25,26)19(24,34(27,28)32-16)10-13-3-2-6-20-11-13;1-18(2,3)17(21)27-15-8-6-14(7-9-15)16-28-30(23,24)19(22,31(25,26)29-16)11-13-5-4-10-20-12-13;1-12(2)26-17(20)27-15-7-5-14(6-8-15)16-28-30(22,23)18(21,31(24,25)29-16)10-13-4-3-9-19-11-13/h4-10,13,18,23H,11-12H2,1-3H3,(H,24,25)(H,26,27);2-6,9,11,16,24H,7-8,10H2,1H3,(H,25,26)(H,27,28);4-10,12,16,22H,11H2,1-3H3,(H,23,24)(H,25,26);3-9,11-12,16,21H,10H2,1-2H3,(H,22,23)(H,24,25). The molecule has 8 atom stereocenters. The summed E-state index contributed by atoms with van der Waals surface area (Å²) in [6.45, 7) is 15.6. The fourth-order valence-corrected chi connectivity index (χ4v) is 26.0. The van der Waals surface area contributed by atoms with Gasteiger partial charge in [0.1, 0.15) is 29.6 Å². The molecule has 5 aliphatic rings. The predicted molar refractivity (Wildman–Crippen MR) is 441 cm³/mol. The van der Waals surface area contributed by atoms with Gasteiger partial charge in [-0.25, -0.2) is 19.3 Å². The van der Waals surface area contributed by atoms with E-state index < -0.39 is 168 Å². The van der Waals surface area contributed by atoms with Crippen molar-refractivity contribution in [3.8, 4) is 23.0 Å². The average Bonchev–Trinajstić information content (AvgIpc) is 0.755. The van der Waals surface area contributed by atoms with Crippen molar-refractivity contribution < 1.29 is 185 Å². The molecule has 4 aromatic heterocycles. The van der Waals surface area contributed by atoms with Crippen LogP contribution in [0.25, 0.3) is 0 Å². The number of hydrogen-bond acceptors (Lipinski definition) is 35. The van der Waals surface area contributed by atoms with Crippen molar-refractivity contribution in [1.82, 2.24) is 24.8 Å². The number of esters is 2. The van der Waals surface area contributed by atoms with E-state index in [0.717, 1.165) is 0 Å². The highest BCUT2D eigenvalue weighted by Gasteiger charge is 2.71. The number of benzene rings is 4. The number of amides is 2. The molecule has 44 nitrogen and oxygen atoms in total. The SMILES string of the molecule is CC(C)(C)C(=O)Oc1ccc(C2OP(=O)(O)C(O)(Cc3cccnc3)P(=O)(O)O2)cc1.CC(C)(C)CC(=O)Oc1ccc(C2OP(=O)(O)C(O)(Cc3cccnc3)P(=O)(O)O2)cc1.CC(C)OC(=O)Oc1ccc(C2OP(=O)(O)C(O)(Cc3cccnc3)P(=O)(O)O2)cc1.Cc1ccc(OC(=O)N2CCOC2=O)c(C2OP(=O)(O)C(O)(Cc3cccnc3)P(=O)(O)O2)c1. The van der Waals surface area contributed by atoms with Crippen LogP contribution in [0, 0.1) is 17.8 Å². The Kier molecular flexibility index (Phi) is 31.3. The molecule has 12 N–H and O–H groups in total. The number of ether oxygens (including phenoxy) is 6. The summed E-state index contributed by atoms with van der Waals surface area (Å²) in [5.74, 6) is -0.657. The molecule has 8 unspecified atom stereocenters. The number of pyridine rings is 4. The van der Waals surface area contributed by atoms with E-state index in [-0.39, 0.29) is 98.6 Å².